The highest BCUT2D eigenvalue weighted by molar-refractivity contribution is 6.31. The van der Waals surface area contributed by atoms with Gasteiger partial charge in [-0.05, 0) is 31.0 Å². The fourth-order valence-corrected chi connectivity index (χ4v) is 1.85. The Morgan fingerprint density at radius 2 is 2.26 bits per heavy atom. The van der Waals surface area contributed by atoms with Crippen LogP contribution < -0.4 is 16.4 Å². The molecule has 4 N–H and O–H groups in total. The monoisotopic (exact) mass is 283 g/mol. The van der Waals surface area contributed by atoms with Crippen molar-refractivity contribution in [3.05, 3.63) is 23.2 Å². The zero-order chi connectivity index (χ0) is 13.8. The Morgan fingerprint density at radius 1 is 1.53 bits per heavy atom. The molecule has 1 unspecified atom stereocenters. The third kappa shape index (κ3) is 4.09. The van der Waals surface area contributed by atoms with Gasteiger partial charge in [-0.1, -0.05) is 11.6 Å². The van der Waals surface area contributed by atoms with Crippen LogP contribution in [0, 0.1) is 0 Å². The molecule has 1 saturated carbocycles. The molecule has 1 aromatic rings. The summed E-state index contributed by atoms with van der Waals surface area (Å²) >= 11 is 5.96. The molecule has 5 nitrogen and oxygen atoms in total. The summed E-state index contributed by atoms with van der Waals surface area (Å²) in [5.74, 6) is -0.289. The van der Waals surface area contributed by atoms with Crippen molar-refractivity contribution in [2.45, 2.75) is 24.9 Å². The molecule has 1 amide bonds. The molecule has 0 bridgehead atoms. The molecule has 0 aliphatic heterocycles. The van der Waals surface area contributed by atoms with Gasteiger partial charge in [0.2, 0.25) is 5.91 Å². The molecule has 1 fully saturated rings. The second-order valence-electron chi connectivity index (χ2n) is 4.66. The first-order chi connectivity index (χ1) is 9.10. The summed E-state index contributed by atoms with van der Waals surface area (Å²) in [6, 6.07) is 5.15. The van der Waals surface area contributed by atoms with Crippen molar-refractivity contribution < 1.29 is 9.53 Å². The predicted molar refractivity (Wildman–Crippen MR) is 76.6 cm³/mol. The maximum Gasteiger partial charge on any atom is 0.243 e. The van der Waals surface area contributed by atoms with E-state index in [9.17, 15) is 4.79 Å². The van der Waals surface area contributed by atoms with E-state index in [1.165, 1.54) is 7.11 Å². The van der Waals surface area contributed by atoms with Crippen LogP contribution >= 0.6 is 11.6 Å². The Kier molecular flexibility index (Phi) is 4.63. The van der Waals surface area contributed by atoms with Crippen LogP contribution in [0.4, 0.5) is 11.4 Å². The number of amides is 1. The second kappa shape index (κ2) is 6.23. The van der Waals surface area contributed by atoms with Gasteiger partial charge in [0.15, 0.2) is 0 Å². The highest BCUT2D eigenvalue weighted by Crippen LogP contribution is 2.31. The number of carbonyl (C=O) groups excluding carboxylic acids is 1. The lowest BCUT2D eigenvalue weighted by molar-refractivity contribution is -0.118. The van der Waals surface area contributed by atoms with E-state index in [1.54, 1.807) is 12.1 Å². The van der Waals surface area contributed by atoms with Crippen LogP contribution in [0.15, 0.2) is 18.2 Å². The summed E-state index contributed by atoms with van der Waals surface area (Å²) in [5.41, 5.74) is 7.20. The summed E-state index contributed by atoms with van der Waals surface area (Å²) in [6.07, 6.45) is 2.30. The summed E-state index contributed by atoms with van der Waals surface area (Å²) in [6.45, 7) is 0.178. The largest absolute Gasteiger partial charge is 0.383 e. The number of halogens is 1. The number of nitrogens with one attached hydrogen (secondary N) is 2. The summed E-state index contributed by atoms with van der Waals surface area (Å²) in [7, 11) is 1.51. The van der Waals surface area contributed by atoms with E-state index < -0.39 is 6.04 Å². The van der Waals surface area contributed by atoms with Gasteiger partial charge in [0, 0.05) is 18.2 Å². The third-order valence-electron chi connectivity index (χ3n) is 2.86. The summed E-state index contributed by atoms with van der Waals surface area (Å²) < 4.78 is 4.86. The zero-order valence-corrected chi connectivity index (χ0v) is 11.5. The highest BCUT2D eigenvalue weighted by Gasteiger charge is 2.23. The van der Waals surface area contributed by atoms with Crippen LogP contribution in [0.25, 0.3) is 0 Å². The second-order valence-corrected chi connectivity index (χ2v) is 5.10. The minimum atomic E-state index is -0.697. The normalized spacial score (nSPS) is 15.9. The molecule has 1 aromatic carbocycles. The Hall–Kier alpha value is -1.30. The smallest absolute Gasteiger partial charge is 0.243 e. The molecule has 1 aliphatic carbocycles. The van der Waals surface area contributed by atoms with E-state index in [4.69, 9.17) is 22.1 Å². The number of methoxy groups -OCH3 is 1. The molecule has 0 aromatic heterocycles. The molecule has 0 radical (unpaired) electrons. The van der Waals surface area contributed by atoms with Gasteiger partial charge in [-0.15, -0.1) is 0 Å². The molecule has 19 heavy (non-hydrogen) atoms. The minimum absolute atomic E-state index is 0.178. The Labute approximate surface area is 117 Å². The standard InChI is InChI=1S/C13H18ClN3O2/c1-19-7-10(15)13(18)17-12-6-8(14)2-5-11(12)16-9-3-4-9/h2,5-6,9-10,16H,3-4,7,15H2,1H3,(H,17,18). The van der Waals surface area contributed by atoms with Crippen LogP contribution in [0.1, 0.15) is 12.8 Å². The number of benzene rings is 1. The highest BCUT2D eigenvalue weighted by atomic mass is 35.5. The molecule has 0 saturated heterocycles. The summed E-state index contributed by atoms with van der Waals surface area (Å²) in [4.78, 5) is 11.9. The fraction of sp³-hybridized carbons (Fsp3) is 0.462. The van der Waals surface area contributed by atoms with Crippen molar-refractivity contribution in [1.29, 1.82) is 0 Å². The molecule has 104 valence electrons. The summed E-state index contributed by atoms with van der Waals surface area (Å²) in [5, 5.41) is 6.69. The van der Waals surface area contributed by atoms with Crippen LogP contribution in [0.5, 0.6) is 0 Å². The number of carbonyl (C=O) groups is 1. The van der Waals surface area contributed by atoms with E-state index >= 15 is 0 Å². The van der Waals surface area contributed by atoms with Crippen molar-refractivity contribution in [2.24, 2.45) is 5.73 Å². The number of ether oxygens (including phenoxy) is 1. The maximum atomic E-state index is 11.9. The van der Waals surface area contributed by atoms with Crippen LogP contribution in [-0.4, -0.2) is 31.7 Å². The van der Waals surface area contributed by atoms with E-state index in [1.807, 2.05) is 6.07 Å². The number of nitrogens with two attached hydrogens (primary N) is 1. The number of anilines is 2. The van der Waals surface area contributed by atoms with Crippen molar-refractivity contribution in [2.75, 3.05) is 24.4 Å². The first-order valence-corrected chi connectivity index (χ1v) is 6.59. The average Bonchev–Trinajstić information content (AvgIpc) is 3.17. The lowest BCUT2D eigenvalue weighted by Gasteiger charge is -2.15. The fourth-order valence-electron chi connectivity index (χ4n) is 1.67. The molecular weight excluding hydrogens is 266 g/mol. The first kappa shape index (κ1) is 14.1. The minimum Gasteiger partial charge on any atom is -0.383 e. The van der Waals surface area contributed by atoms with Gasteiger partial charge >= 0.3 is 0 Å². The van der Waals surface area contributed by atoms with Gasteiger partial charge in [-0.25, -0.2) is 0 Å². The third-order valence-corrected chi connectivity index (χ3v) is 3.09. The van der Waals surface area contributed by atoms with Gasteiger partial charge in [0.25, 0.3) is 0 Å². The van der Waals surface area contributed by atoms with Gasteiger partial charge in [0.1, 0.15) is 6.04 Å². The van der Waals surface area contributed by atoms with E-state index in [2.05, 4.69) is 10.6 Å². The van der Waals surface area contributed by atoms with Gasteiger partial charge < -0.3 is 21.1 Å². The number of hydrogen-bond donors (Lipinski definition) is 3. The van der Waals surface area contributed by atoms with Gasteiger partial charge in [-0.2, -0.15) is 0 Å². The lowest BCUT2D eigenvalue weighted by Crippen LogP contribution is -2.39. The Bertz CT molecular complexity index is 463. The van der Waals surface area contributed by atoms with Crippen molar-refractivity contribution in [3.63, 3.8) is 0 Å². The van der Waals surface area contributed by atoms with Gasteiger partial charge in [0.05, 0.1) is 18.0 Å². The maximum absolute atomic E-state index is 11.9. The molecular formula is C13H18ClN3O2. The zero-order valence-electron chi connectivity index (χ0n) is 10.8. The molecule has 0 heterocycles. The number of hydrogen-bond acceptors (Lipinski definition) is 4. The average molecular weight is 284 g/mol. The molecule has 2 rings (SSSR count). The quantitative estimate of drug-likeness (QED) is 0.744. The Morgan fingerprint density at radius 3 is 2.89 bits per heavy atom. The van der Waals surface area contributed by atoms with E-state index in [0.29, 0.717) is 16.8 Å². The Balaban J connectivity index is 2.08. The van der Waals surface area contributed by atoms with Crippen molar-refractivity contribution in [3.8, 4) is 0 Å². The van der Waals surface area contributed by atoms with Crippen molar-refractivity contribution >= 4 is 28.9 Å². The predicted octanol–water partition coefficient (Wildman–Crippen LogP) is 1.83. The molecule has 1 atom stereocenters. The SMILES string of the molecule is COCC(N)C(=O)Nc1cc(Cl)ccc1NC1CC1. The molecule has 1 aliphatic rings. The lowest BCUT2D eigenvalue weighted by atomic mass is 10.2. The van der Waals surface area contributed by atoms with E-state index in [-0.39, 0.29) is 12.5 Å². The topological polar surface area (TPSA) is 76.4 Å². The van der Waals surface area contributed by atoms with Crippen molar-refractivity contribution in [1.82, 2.24) is 0 Å². The van der Waals surface area contributed by atoms with Crippen LogP contribution in [0.2, 0.25) is 5.02 Å². The van der Waals surface area contributed by atoms with Gasteiger partial charge in [-0.3, -0.25) is 4.79 Å². The van der Waals surface area contributed by atoms with Crippen LogP contribution in [0.3, 0.4) is 0 Å². The first-order valence-electron chi connectivity index (χ1n) is 6.21. The molecule has 0 spiro atoms. The molecule has 6 heteroatoms. The van der Waals surface area contributed by atoms with Crippen LogP contribution in [-0.2, 0) is 9.53 Å². The number of rotatable bonds is 6. The van der Waals surface area contributed by atoms with E-state index in [0.717, 1.165) is 18.5 Å².